The van der Waals surface area contributed by atoms with Crippen molar-refractivity contribution in [1.29, 1.82) is 0 Å². The van der Waals surface area contributed by atoms with Crippen LogP contribution >= 0.6 is 0 Å². The normalized spacial score (nSPS) is 13.9. The molecule has 116 valence electrons. The Morgan fingerprint density at radius 2 is 1.95 bits per heavy atom. The maximum Gasteiger partial charge on any atom is 0.260 e. The molecule has 1 aromatic heterocycles. The van der Waals surface area contributed by atoms with E-state index in [1.807, 2.05) is 34.6 Å². The molecule has 0 aromatic carbocycles. The van der Waals surface area contributed by atoms with Gasteiger partial charge in [0.05, 0.1) is 0 Å². The lowest BCUT2D eigenvalue weighted by molar-refractivity contribution is 0.524. The number of nitrogens with zero attached hydrogens (tertiary/aromatic N) is 1. The van der Waals surface area contributed by atoms with Crippen LogP contribution in [0.2, 0.25) is 0 Å². The van der Waals surface area contributed by atoms with Gasteiger partial charge in [0.25, 0.3) is 10.0 Å². The van der Waals surface area contributed by atoms with Gasteiger partial charge in [0.2, 0.25) is 0 Å². The van der Waals surface area contributed by atoms with Gasteiger partial charge in [-0.3, -0.25) is 5.10 Å². The van der Waals surface area contributed by atoms with Gasteiger partial charge >= 0.3 is 0 Å². The van der Waals surface area contributed by atoms with Gasteiger partial charge in [-0.25, -0.2) is 13.1 Å². The first-order valence-electron chi connectivity index (χ1n) is 7.04. The van der Waals surface area contributed by atoms with Crippen LogP contribution in [0.3, 0.4) is 0 Å². The Labute approximate surface area is 121 Å². The number of nitrogens with one attached hydrogen (secondary N) is 3. The Kier molecular flexibility index (Phi) is 6.16. The Hall–Kier alpha value is -0.920. The van der Waals surface area contributed by atoms with Gasteiger partial charge in [0.15, 0.2) is 5.03 Å². The van der Waals surface area contributed by atoms with Crippen LogP contribution in [0.1, 0.15) is 45.4 Å². The van der Waals surface area contributed by atoms with E-state index < -0.39 is 10.0 Å². The fourth-order valence-corrected chi connectivity index (χ4v) is 2.99. The third-order valence-corrected chi connectivity index (χ3v) is 4.69. The predicted octanol–water partition coefficient (Wildman–Crippen LogP) is 1.54. The van der Waals surface area contributed by atoms with E-state index in [2.05, 4.69) is 20.2 Å². The average molecular weight is 302 g/mol. The second kappa shape index (κ2) is 7.19. The molecule has 0 amide bonds. The molecular weight excluding hydrogens is 276 g/mol. The molecule has 1 atom stereocenters. The molecule has 0 aliphatic carbocycles. The minimum Gasteiger partial charge on any atom is -0.310 e. The molecule has 6 nitrogen and oxygen atoms in total. The SMILES string of the molecule is CCC(C)CNS(=O)(=O)c1n[nH]c(C)c1CNC(C)C. The number of aromatic amines is 1. The van der Waals surface area contributed by atoms with Crippen LogP contribution in [-0.2, 0) is 16.6 Å². The highest BCUT2D eigenvalue weighted by Gasteiger charge is 2.23. The van der Waals surface area contributed by atoms with E-state index in [0.29, 0.717) is 24.6 Å². The van der Waals surface area contributed by atoms with E-state index in [9.17, 15) is 8.42 Å². The summed E-state index contributed by atoms with van der Waals surface area (Å²) in [6.07, 6.45) is 0.934. The lowest BCUT2D eigenvalue weighted by Gasteiger charge is -2.12. The molecule has 7 heteroatoms. The van der Waals surface area contributed by atoms with E-state index in [1.165, 1.54) is 0 Å². The highest BCUT2D eigenvalue weighted by Crippen LogP contribution is 2.16. The van der Waals surface area contributed by atoms with Crippen molar-refractivity contribution in [2.45, 2.75) is 58.7 Å². The quantitative estimate of drug-likeness (QED) is 0.680. The molecule has 1 heterocycles. The minimum atomic E-state index is -3.56. The van der Waals surface area contributed by atoms with Gasteiger partial charge in [0.1, 0.15) is 0 Å². The van der Waals surface area contributed by atoms with E-state index in [4.69, 9.17) is 0 Å². The molecule has 0 aliphatic heterocycles. The van der Waals surface area contributed by atoms with Gasteiger partial charge in [-0.05, 0) is 12.8 Å². The van der Waals surface area contributed by atoms with Crippen LogP contribution < -0.4 is 10.0 Å². The predicted molar refractivity (Wildman–Crippen MR) is 79.9 cm³/mol. The molecule has 0 aliphatic rings. The van der Waals surface area contributed by atoms with Gasteiger partial charge in [-0.15, -0.1) is 0 Å². The van der Waals surface area contributed by atoms with E-state index >= 15 is 0 Å². The summed E-state index contributed by atoms with van der Waals surface area (Å²) >= 11 is 0. The van der Waals surface area contributed by atoms with Gasteiger partial charge in [-0.2, -0.15) is 5.10 Å². The van der Waals surface area contributed by atoms with Crippen LogP contribution in [0.15, 0.2) is 5.03 Å². The first-order valence-corrected chi connectivity index (χ1v) is 8.53. The number of aromatic nitrogens is 2. The molecule has 0 radical (unpaired) electrons. The van der Waals surface area contributed by atoms with Gasteiger partial charge < -0.3 is 5.32 Å². The minimum absolute atomic E-state index is 0.103. The molecule has 0 saturated carbocycles. The smallest absolute Gasteiger partial charge is 0.260 e. The number of hydrogen-bond acceptors (Lipinski definition) is 4. The zero-order valence-electron chi connectivity index (χ0n) is 12.9. The maximum absolute atomic E-state index is 12.3. The fourth-order valence-electron chi connectivity index (χ4n) is 1.63. The summed E-state index contributed by atoms with van der Waals surface area (Å²) in [5.74, 6) is 0.307. The zero-order chi connectivity index (χ0) is 15.3. The molecular formula is C13H26N4O2S. The van der Waals surface area contributed by atoms with E-state index in [1.54, 1.807) is 0 Å². The Morgan fingerprint density at radius 3 is 2.50 bits per heavy atom. The van der Waals surface area contributed by atoms with Crippen LogP contribution in [0.25, 0.3) is 0 Å². The zero-order valence-corrected chi connectivity index (χ0v) is 13.8. The Morgan fingerprint density at radius 1 is 1.30 bits per heavy atom. The summed E-state index contributed by atoms with van der Waals surface area (Å²) in [4.78, 5) is 0. The van der Waals surface area contributed by atoms with Crippen molar-refractivity contribution in [1.82, 2.24) is 20.2 Å². The summed E-state index contributed by atoms with van der Waals surface area (Å²) in [5.41, 5.74) is 1.48. The lowest BCUT2D eigenvalue weighted by atomic mass is 10.1. The monoisotopic (exact) mass is 302 g/mol. The Balaban J connectivity index is 2.89. The number of H-pyrrole nitrogens is 1. The third kappa shape index (κ3) is 4.57. The molecule has 0 spiro atoms. The van der Waals surface area contributed by atoms with Crippen LogP contribution in [0.5, 0.6) is 0 Å². The van der Waals surface area contributed by atoms with Crippen LogP contribution in [0, 0.1) is 12.8 Å². The van der Waals surface area contributed by atoms with E-state index in [0.717, 1.165) is 12.1 Å². The molecule has 0 fully saturated rings. The summed E-state index contributed by atoms with van der Waals surface area (Å²) in [6, 6.07) is 0.285. The highest BCUT2D eigenvalue weighted by molar-refractivity contribution is 7.89. The first kappa shape index (κ1) is 17.1. The summed E-state index contributed by atoms with van der Waals surface area (Å²) in [6.45, 7) is 10.8. The third-order valence-electron chi connectivity index (χ3n) is 3.30. The number of rotatable bonds is 8. The van der Waals surface area contributed by atoms with Crippen molar-refractivity contribution >= 4 is 10.0 Å². The van der Waals surface area contributed by atoms with Crippen molar-refractivity contribution in [3.63, 3.8) is 0 Å². The number of hydrogen-bond donors (Lipinski definition) is 3. The molecule has 0 saturated heterocycles. The standard InChI is InChI=1S/C13H26N4O2S/c1-6-10(4)7-15-20(18,19)13-12(8-14-9(2)3)11(5)16-17-13/h9-10,14-15H,6-8H2,1-5H3,(H,16,17). The molecule has 1 unspecified atom stereocenters. The van der Waals surface area contributed by atoms with Crippen molar-refractivity contribution in [3.05, 3.63) is 11.3 Å². The highest BCUT2D eigenvalue weighted by atomic mass is 32.2. The second-order valence-electron chi connectivity index (χ2n) is 5.53. The number of aryl methyl sites for hydroxylation is 1. The van der Waals surface area contributed by atoms with Gasteiger partial charge in [-0.1, -0.05) is 34.1 Å². The number of sulfonamides is 1. The maximum atomic E-state index is 12.3. The largest absolute Gasteiger partial charge is 0.310 e. The topological polar surface area (TPSA) is 86.9 Å². The van der Waals surface area contributed by atoms with Crippen LogP contribution in [-0.4, -0.2) is 31.2 Å². The fraction of sp³-hybridized carbons (Fsp3) is 0.769. The van der Waals surface area contributed by atoms with Crippen molar-refractivity contribution in [3.8, 4) is 0 Å². The van der Waals surface area contributed by atoms with Crippen molar-refractivity contribution < 1.29 is 8.42 Å². The molecule has 20 heavy (non-hydrogen) atoms. The second-order valence-corrected chi connectivity index (χ2v) is 7.22. The van der Waals surface area contributed by atoms with Crippen molar-refractivity contribution in [2.75, 3.05) is 6.54 Å². The van der Waals surface area contributed by atoms with Crippen molar-refractivity contribution in [2.24, 2.45) is 5.92 Å². The van der Waals surface area contributed by atoms with E-state index in [-0.39, 0.29) is 11.1 Å². The van der Waals surface area contributed by atoms with Crippen LogP contribution in [0.4, 0.5) is 0 Å². The molecule has 1 aromatic rings. The van der Waals surface area contributed by atoms with Gasteiger partial charge in [0, 0.05) is 30.4 Å². The summed E-state index contributed by atoms with van der Waals surface area (Å²) in [5, 5.41) is 10.0. The molecule has 0 bridgehead atoms. The summed E-state index contributed by atoms with van der Waals surface area (Å²) < 4.78 is 27.2. The lowest BCUT2D eigenvalue weighted by Crippen LogP contribution is -2.30. The molecule has 1 rings (SSSR count). The molecule has 3 N–H and O–H groups in total. The first-order chi connectivity index (χ1) is 9.27. The Bertz CT molecular complexity index is 522. The summed E-state index contributed by atoms with van der Waals surface area (Å²) in [7, 11) is -3.56. The average Bonchev–Trinajstić information content (AvgIpc) is 2.75.